The predicted molar refractivity (Wildman–Crippen MR) is 119 cm³/mol. The monoisotopic (exact) mass is 446 g/mol. The number of rotatable bonds is 4. The Morgan fingerprint density at radius 3 is 2.58 bits per heavy atom. The molecule has 0 radical (unpaired) electrons. The van der Waals surface area contributed by atoms with E-state index in [0.29, 0.717) is 17.6 Å². The van der Waals surface area contributed by atoms with E-state index >= 15 is 0 Å². The van der Waals surface area contributed by atoms with E-state index in [1.165, 1.54) is 12.1 Å². The van der Waals surface area contributed by atoms with E-state index in [9.17, 15) is 24.5 Å². The maximum Gasteiger partial charge on any atom is 0.311 e. The van der Waals surface area contributed by atoms with Gasteiger partial charge in [0.05, 0.1) is 22.9 Å². The van der Waals surface area contributed by atoms with Gasteiger partial charge < -0.3 is 9.64 Å². The Balaban J connectivity index is 1.67. The Hall–Kier alpha value is -3.81. The van der Waals surface area contributed by atoms with Crippen LogP contribution in [0.15, 0.2) is 54.1 Å². The highest BCUT2D eigenvalue weighted by Crippen LogP contribution is 2.65. The number of carbonyl (C=O) groups is 3. The number of ketones is 1. The van der Waals surface area contributed by atoms with Crippen LogP contribution in [-0.2, 0) is 24.5 Å². The van der Waals surface area contributed by atoms with Crippen molar-refractivity contribution in [2.24, 2.45) is 17.8 Å². The molecule has 5 rings (SSSR count). The summed E-state index contributed by atoms with van der Waals surface area (Å²) in [7, 11) is 1.69. The number of non-ortho nitro benzene ring substituents is 1. The summed E-state index contributed by atoms with van der Waals surface area (Å²) in [5, 5.41) is 11.0. The van der Waals surface area contributed by atoms with Gasteiger partial charge in [0.1, 0.15) is 0 Å². The van der Waals surface area contributed by atoms with E-state index in [0.717, 1.165) is 11.3 Å². The largest absolute Gasteiger partial charge is 0.466 e. The van der Waals surface area contributed by atoms with E-state index in [1.54, 1.807) is 37.1 Å². The Morgan fingerprint density at radius 1 is 1.21 bits per heavy atom. The molecule has 0 N–H and O–H groups in total. The van der Waals surface area contributed by atoms with Crippen molar-refractivity contribution in [3.63, 3.8) is 0 Å². The first-order valence-electron chi connectivity index (χ1n) is 10.9. The van der Waals surface area contributed by atoms with Gasteiger partial charge in [0, 0.05) is 42.3 Å². The molecule has 0 unspecified atom stereocenters. The molecule has 2 aliphatic carbocycles. The van der Waals surface area contributed by atoms with E-state index < -0.39 is 34.1 Å². The Labute approximate surface area is 190 Å². The number of likely N-dealkylation sites (N-methyl/N-ethyl adjacent to an activating group) is 1. The third kappa shape index (κ3) is 2.73. The van der Waals surface area contributed by atoms with Gasteiger partial charge in [-0.3, -0.25) is 24.5 Å². The number of nitro benzene ring substituents is 1. The van der Waals surface area contributed by atoms with Crippen LogP contribution in [0.3, 0.4) is 0 Å². The van der Waals surface area contributed by atoms with Gasteiger partial charge in [-0.25, -0.2) is 0 Å². The molecular weight excluding hydrogens is 424 g/mol. The number of hydrogen-bond acceptors (Lipinski definition) is 6. The fourth-order valence-electron chi connectivity index (χ4n) is 6.01. The van der Waals surface area contributed by atoms with Gasteiger partial charge in [0.15, 0.2) is 5.78 Å². The second-order valence-corrected chi connectivity index (χ2v) is 8.69. The summed E-state index contributed by atoms with van der Waals surface area (Å²) in [5.41, 5.74) is 1.33. The summed E-state index contributed by atoms with van der Waals surface area (Å²) in [6, 6.07) is 13.3. The van der Waals surface area contributed by atoms with Gasteiger partial charge >= 0.3 is 5.97 Å². The number of carbonyl (C=O) groups excluding carboxylic acids is 3. The number of esters is 1. The molecule has 33 heavy (non-hydrogen) atoms. The molecule has 8 heteroatoms. The fourth-order valence-corrected chi connectivity index (χ4v) is 6.01. The molecule has 3 aliphatic rings. The molecule has 0 saturated heterocycles. The molecule has 1 aliphatic heterocycles. The van der Waals surface area contributed by atoms with Crippen LogP contribution in [0.4, 0.5) is 11.4 Å². The van der Waals surface area contributed by atoms with Crippen LogP contribution < -0.4 is 4.90 Å². The summed E-state index contributed by atoms with van der Waals surface area (Å²) >= 11 is 0. The maximum absolute atomic E-state index is 13.8. The molecule has 2 fully saturated rings. The van der Waals surface area contributed by atoms with Crippen molar-refractivity contribution in [3.8, 4) is 0 Å². The average Bonchev–Trinajstić information content (AvgIpc) is 3.39. The van der Waals surface area contributed by atoms with Crippen LogP contribution in [-0.4, -0.2) is 36.2 Å². The number of ether oxygens (including phenoxy) is 1. The Bertz CT molecular complexity index is 1230. The van der Waals surface area contributed by atoms with Crippen molar-refractivity contribution in [1.82, 2.24) is 0 Å². The van der Waals surface area contributed by atoms with Crippen LogP contribution in [0.1, 0.15) is 24.5 Å². The van der Waals surface area contributed by atoms with E-state index in [4.69, 9.17) is 4.74 Å². The minimum Gasteiger partial charge on any atom is -0.466 e. The molecule has 1 spiro atoms. The third-order valence-corrected chi connectivity index (χ3v) is 7.27. The lowest BCUT2D eigenvalue weighted by Gasteiger charge is -2.39. The standard InChI is InChI=1S/C25H22N2O6/c1-3-33-23(29)21-17-13-19(25(21)18-6-4-5-7-20(18)26(2)24(25)30)16(22(17)28)12-14-8-10-15(11-9-14)27(31)32/h4-12,17,19,21H,3,13H2,1-2H3/b16-12+/t17-,19-,21-,25+/m0/s1. The highest BCUT2D eigenvalue weighted by Gasteiger charge is 2.73. The number of allylic oxidation sites excluding steroid dienone is 1. The van der Waals surface area contributed by atoms with Crippen molar-refractivity contribution in [2.75, 3.05) is 18.6 Å². The van der Waals surface area contributed by atoms with Crippen LogP contribution in [0.2, 0.25) is 0 Å². The average molecular weight is 446 g/mol. The molecule has 4 atom stereocenters. The first kappa shape index (κ1) is 21.1. The molecule has 0 aromatic heterocycles. The van der Waals surface area contributed by atoms with Crippen molar-refractivity contribution < 1.29 is 24.0 Å². The van der Waals surface area contributed by atoms with Crippen molar-refractivity contribution in [3.05, 3.63) is 75.3 Å². The number of anilines is 1. The zero-order valence-electron chi connectivity index (χ0n) is 18.2. The SMILES string of the molecule is CCOC(=O)[C@@H]1[C@@H]2C[C@@H](/C(=C\c3ccc([N+](=O)[O-])cc3)C2=O)[C@@]12C(=O)N(C)c1ccccc12. The van der Waals surface area contributed by atoms with E-state index in [1.807, 2.05) is 24.3 Å². The summed E-state index contributed by atoms with van der Waals surface area (Å²) in [5.74, 6) is -2.92. The van der Waals surface area contributed by atoms with Crippen molar-refractivity contribution >= 4 is 35.1 Å². The number of hydrogen-bond donors (Lipinski definition) is 0. The summed E-state index contributed by atoms with van der Waals surface area (Å²) in [6.07, 6.45) is 2.09. The molecule has 1 heterocycles. The number of para-hydroxylation sites is 1. The van der Waals surface area contributed by atoms with Gasteiger partial charge in [-0.05, 0) is 48.7 Å². The number of benzene rings is 2. The number of fused-ring (bicyclic) bond motifs is 5. The first-order valence-corrected chi connectivity index (χ1v) is 10.9. The minimum absolute atomic E-state index is 0.0446. The minimum atomic E-state index is -1.21. The second kappa shape index (κ2) is 7.37. The highest BCUT2D eigenvalue weighted by atomic mass is 16.6. The molecule has 168 valence electrons. The third-order valence-electron chi connectivity index (χ3n) is 7.27. The van der Waals surface area contributed by atoms with Crippen LogP contribution >= 0.6 is 0 Å². The molecule has 2 bridgehead atoms. The summed E-state index contributed by atoms with van der Waals surface area (Å²) in [4.78, 5) is 52.4. The lowest BCUT2D eigenvalue weighted by Crippen LogP contribution is -2.54. The van der Waals surface area contributed by atoms with E-state index in [-0.39, 0.29) is 24.0 Å². The predicted octanol–water partition coefficient (Wildman–Crippen LogP) is 3.29. The van der Waals surface area contributed by atoms with Gasteiger partial charge in [-0.1, -0.05) is 18.2 Å². The first-order chi connectivity index (χ1) is 15.8. The highest BCUT2D eigenvalue weighted by molar-refractivity contribution is 6.17. The quantitative estimate of drug-likeness (QED) is 0.309. The van der Waals surface area contributed by atoms with Crippen molar-refractivity contribution in [2.45, 2.75) is 18.8 Å². The van der Waals surface area contributed by atoms with Gasteiger partial charge in [-0.2, -0.15) is 0 Å². The van der Waals surface area contributed by atoms with Crippen LogP contribution in [0.5, 0.6) is 0 Å². The lowest BCUT2D eigenvalue weighted by atomic mass is 9.60. The second-order valence-electron chi connectivity index (χ2n) is 8.69. The fraction of sp³-hybridized carbons (Fsp3) is 0.320. The molecule has 1 amide bonds. The zero-order chi connectivity index (χ0) is 23.5. The number of nitro groups is 1. The number of nitrogens with zero attached hydrogens (tertiary/aromatic N) is 2. The van der Waals surface area contributed by atoms with Gasteiger partial charge in [0.2, 0.25) is 5.91 Å². The van der Waals surface area contributed by atoms with Crippen molar-refractivity contribution in [1.29, 1.82) is 0 Å². The molecule has 8 nitrogen and oxygen atoms in total. The van der Waals surface area contributed by atoms with E-state index in [2.05, 4.69) is 0 Å². The van der Waals surface area contributed by atoms with Gasteiger partial charge in [0.25, 0.3) is 5.69 Å². The number of Topliss-reactive ketones (excluding diaryl/α,β-unsaturated/α-hetero) is 1. The number of amides is 1. The normalized spacial score (nSPS) is 28.6. The van der Waals surface area contributed by atoms with Gasteiger partial charge in [-0.15, -0.1) is 0 Å². The molecule has 2 aromatic rings. The smallest absolute Gasteiger partial charge is 0.311 e. The molecule has 2 saturated carbocycles. The zero-order valence-corrected chi connectivity index (χ0v) is 18.2. The maximum atomic E-state index is 13.8. The molecule has 2 aromatic carbocycles. The summed E-state index contributed by atoms with van der Waals surface area (Å²) in [6.45, 7) is 1.87. The van der Waals surface area contributed by atoms with Crippen LogP contribution in [0.25, 0.3) is 6.08 Å². The summed E-state index contributed by atoms with van der Waals surface area (Å²) < 4.78 is 5.36. The Morgan fingerprint density at radius 2 is 1.91 bits per heavy atom. The lowest BCUT2D eigenvalue weighted by molar-refractivity contribution is -0.384. The Kier molecular flexibility index (Phi) is 4.70. The van der Waals surface area contributed by atoms with Crippen LogP contribution in [0, 0.1) is 27.9 Å². The molecular formula is C25H22N2O6. The topological polar surface area (TPSA) is 107 Å².